The average molecular weight is 176 g/mol. The van der Waals surface area contributed by atoms with Crippen LogP contribution in [0.3, 0.4) is 0 Å². The summed E-state index contributed by atoms with van der Waals surface area (Å²) in [6.07, 6.45) is 5.58. The molecule has 0 spiro atoms. The predicted molar refractivity (Wildman–Crippen MR) is 40.1 cm³/mol. The number of hydrogen-bond donors (Lipinski definition) is 0. The Kier molecular flexibility index (Phi) is 2.36. The largest absolute Gasteiger partial charge is 0.0887 e. The maximum atomic E-state index is 3.56. The monoisotopic (exact) mass is 175 g/mol. The summed E-state index contributed by atoms with van der Waals surface area (Å²) < 4.78 is 0. The maximum absolute atomic E-state index is 3.56. The van der Waals surface area contributed by atoms with Crippen LogP contribution in [0.2, 0.25) is 0 Å². The lowest BCUT2D eigenvalue weighted by Gasteiger charge is -2.08. The van der Waals surface area contributed by atoms with Crippen molar-refractivity contribution in [3.63, 3.8) is 0 Å². The first-order valence-corrected chi connectivity index (χ1v) is 4.21. The minimum atomic E-state index is 0.671. The Morgan fingerprint density at radius 2 is 1.88 bits per heavy atom. The van der Waals surface area contributed by atoms with E-state index < -0.39 is 0 Å². The Morgan fingerprint density at radius 1 is 1.38 bits per heavy atom. The van der Waals surface area contributed by atoms with E-state index in [4.69, 9.17) is 0 Å². The molecule has 0 aromatic rings. The zero-order chi connectivity index (χ0) is 5.98. The molecule has 0 nitrogen and oxygen atoms in total. The first-order chi connectivity index (χ1) is 3.80. The van der Waals surface area contributed by atoms with Gasteiger partial charge in [0.2, 0.25) is 0 Å². The lowest BCUT2D eigenvalue weighted by Crippen LogP contribution is -2.01. The van der Waals surface area contributed by atoms with Crippen LogP contribution in [-0.2, 0) is 0 Å². The fraction of sp³-hybridized carbons (Fsp3) is 0.857. The number of halogens is 1. The summed E-state index contributed by atoms with van der Waals surface area (Å²) in [6.45, 7) is 2.22. The Hall–Kier alpha value is 0.480. The topological polar surface area (TPSA) is 0 Å². The third-order valence-corrected chi connectivity index (χ3v) is 2.46. The van der Waals surface area contributed by atoms with Crippen molar-refractivity contribution in [3.8, 4) is 0 Å². The molecule has 1 atom stereocenters. The third-order valence-electron chi connectivity index (χ3n) is 1.81. The highest BCUT2D eigenvalue weighted by atomic mass is 79.9. The standard InChI is InChI=1S/C7H12Br/c1-6(8)7-4-2-3-5-7/h6H,2-5H2,1H3. The van der Waals surface area contributed by atoms with Crippen molar-refractivity contribution in [2.75, 3.05) is 0 Å². The van der Waals surface area contributed by atoms with Gasteiger partial charge in [0.15, 0.2) is 0 Å². The van der Waals surface area contributed by atoms with Gasteiger partial charge in [-0.25, -0.2) is 0 Å². The van der Waals surface area contributed by atoms with Crippen molar-refractivity contribution in [1.29, 1.82) is 0 Å². The van der Waals surface area contributed by atoms with Crippen LogP contribution in [0.1, 0.15) is 32.6 Å². The van der Waals surface area contributed by atoms with Crippen molar-refractivity contribution in [2.45, 2.75) is 37.4 Å². The van der Waals surface area contributed by atoms with Gasteiger partial charge in [-0.3, -0.25) is 0 Å². The van der Waals surface area contributed by atoms with E-state index in [1.165, 1.54) is 25.7 Å². The lowest BCUT2D eigenvalue weighted by atomic mass is 10.1. The summed E-state index contributed by atoms with van der Waals surface area (Å²) in [4.78, 5) is 0.671. The van der Waals surface area contributed by atoms with Crippen molar-refractivity contribution >= 4 is 15.9 Å². The lowest BCUT2D eigenvalue weighted by molar-refractivity contribution is 0.839. The summed E-state index contributed by atoms with van der Waals surface area (Å²) in [5, 5.41) is 0. The highest BCUT2D eigenvalue weighted by Gasteiger charge is 2.19. The van der Waals surface area contributed by atoms with Crippen molar-refractivity contribution in [1.82, 2.24) is 0 Å². The summed E-state index contributed by atoms with van der Waals surface area (Å²) in [7, 11) is 0. The Morgan fingerprint density at radius 3 is 2.12 bits per heavy atom. The van der Waals surface area contributed by atoms with E-state index in [0.29, 0.717) is 4.83 Å². The first kappa shape index (κ1) is 6.60. The second kappa shape index (κ2) is 2.86. The predicted octanol–water partition coefficient (Wildman–Crippen LogP) is 2.92. The van der Waals surface area contributed by atoms with Gasteiger partial charge in [0.05, 0.1) is 0 Å². The van der Waals surface area contributed by atoms with E-state index in [0.717, 1.165) is 0 Å². The molecule has 0 N–H and O–H groups in total. The zero-order valence-electron chi connectivity index (χ0n) is 5.28. The van der Waals surface area contributed by atoms with Crippen LogP contribution in [0.25, 0.3) is 0 Å². The molecule has 0 bridgehead atoms. The van der Waals surface area contributed by atoms with Gasteiger partial charge in [0.1, 0.15) is 0 Å². The molecule has 1 aliphatic rings. The highest BCUT2D eigenvalue weighted by Crippen LogP contribution is 2.32. The van der Waals surface area contributed by atoms with Gasteiger partial charge in [-0.2, -0.15) is 0 Å². The Labute approximate surface area is 59.8 Å². The van der Waals surface area contributed by atoms with Crippen LogP contribution >= 0.6 is 15.9 Å². The van der Waals surface area contributed by atoms with Gasteiger partial charge in [-0.05, 0) is 18.8 Å². The fourth-order valence-corrected chi connectivity index (χ4v) is 1.68. The number of hydrogen-bond acceptors (Lipinski definition) is 0. The molecular formula is C7H12Br. The zero-order valence-corrected chi connectivity index (χ0v) is 6.87. The SMILES string of the molecule is CC(Br)[C]1CCCC1. The molecule has 0 amide bonds. The van der Waals surface area contributed by atoms with Crippen LogP contribution in [-0.4, -0.2) is 4.83 Å². The molecule has 1 aliphatic carbocycles. The van der Waals surface area contributed by atoms with Gasteiger partial charge in [-0.1, -0.05) is 35.7 Å². The summed E-state index contributed by atoms with van der Waals surface area (Å²) in [6, 6.07) is 0. The summed E-state index contributed by atoms with van der Waals surface area (Å²) in [5.41, 5.74) is 0. The molecule has 1 radical (unpaired) electrons. The van der Waals surface area contributed by atoms with Gasteiger partial charge in [0, 0.05) is 4.83 Å². The molecule has 47 valence electrons. The average Bonchev–Trinajstić information content (AvgIpc) is 2.12. The molecule has 0 saturated heterocycles. The fourth-order valence-electron chi connectivity index (χ4n) is 1.23. The second-order valence-electron chi connectivity index (χ2n) is 2.48. The number of alkyl halides is 1. The maximum Gasteiger partial charge on any atom is 0.0179 e. The van der Waals surface area contributed by atoms with Crippen LogP contribution < -0.4 is 0 Å². The van der Waals surface area contributed by atoms with Crippen LogP contribution in [0.4, 0.5) is 0 Å². The molecule has 1 heteroatoms. The molecule has 0 heterocycles. The molecule has 8 heavy (non-hydrogen) atoms. The minimum absolute atomic E-state index is 0.671. The molecule has 1 unspecified atom stereocenters. The van der Waals surface area contributed by atoms with E-state index in [1.54, 1.807) is 5.92 Å². The number of rotatable bonds is 1. The normalized spacial score (nSPS) is 26.2. The van der Waals surface area contributed by atoms with Crippen molar-refractivity contribution in [2.24, 2.45) is 0 Å². The van der Waals surface area contributed by atoms with Crippen LogP contribution in [0, 0.1) is 5.92 Å². The van der Waals surface area contributed by atoms with Gasteiger partial charge in [-0.15, -0.1) is 0 Å². The molecule has 0 aromatic heterocycles. The molecular weight excluding hydrogens is 164 g/mol. The smallest absolute Gasteiger partial charge is 0.0179 e. The second-order valence-corrected chi connectivity index (χ2v) is 3.85. The molecule has 1 fully saturated rings. The summed E-state index contributed by atoms with van der Waals surface area (Å²) >= 11 is 3.56. The third kappa shape index (κ3) is 1.48. The minimum Gasteiger partial charge on any atom is -0.0887 e. The van der Waals surface area contributed by atoms with E-state index in [1.807, 2.05) is 0 Å². The van der Waals surface area contributed by atoms with E-state index in [2.05, 4.69) is 22.9 Å². The van der Waals surface area contributed by atoms with Crippen LogP contribution in [0.15, 0.2) is 0 Å². The van der Waals surface area contributed by atoms with Crippen molar-refractivity contribution in [3.05, 3.63) is 5.92 Å². The van der Waals surface area contributed by atoms with E-state index in [-0.39, 0.29) is 0 Å². The molecule has 0 aromatic carbocycles. The molecule has 0 aliphatic heterocycles. The van der Waals surface area contributed by atoms with Gasteiger partial charge >= 0.3 is 0 Å². The molecule has 1 saturated carbocycles. The van der Waals surface area contributed by atoms with E-state index in [9.17, 15) is 0 Å². The van der Waals surface area contributed by atoms with Crippen molar-refractivity contribution < 1.29 is 0 Å². The molecule has 1 rings (SSSR count). The first-order valence-electron chi connectivity index (χ1n) is 3.29. The quantitative estimate of drug-likeness (QED) is 0.539. The van der Waals surface area contributed by atoms with Gasteiger partial charge < -0.3 is 0 Å². The van der Waals surface area contributed by atoms with E-state index >= 15 is 0 Å². The Balaban J connectivity index is 2.24. The highest BCUT2D eigenvalue weighted by molar-refractivity contribution is 9.09. The van der Waals surface area contributed by atoms with Gasteiger partial charge in [0.25, 0.3) is 0 Å². The summed E-state index contributed by atoms with van der Waals surface area (Å²) in [5.74, 6) is 1.71. The Bertz CT molecular complexity index is 62.8. The van der Waals surface area contributed by atoms with Crippen LogP contribution in [0.5, 0.6) is 0 Å².